The van der Waals surface area contributed by atoms with E-state index in [9.17, 15) is 4.39 Å². The monoisotopic (exact) mass is 224 g/mol. The summed E-state index contributed by atoms with van der Waals surface area (Å²) >= 11 is 0. The van der Waals surface area contributed by atoms with Crippen molar-refractivity contribution in [2.75, 3.05) is 0 Å². The van der Waals surface area contributed by atoms with Crippen molar-refractivity contribution in [2.24, 2.45) is 5.73 Å². The third kappa shape index (κ3) is 2.53. The summed E-state index contributed by atoms with van der Waals surface area (Å²) in [6, 6.07) is 3.64. The molecule has 2 unspecified atom stereocenters. The summed E-state index contributed by atoms with van der Waals surface area (Å²) < 4.78 is 12.9. The number of nitrogens with zero attached hydrogens (tertiary/aromatic N) is 1. The molecule has 0 amide bonds. The molecule has 1 saturated carbocycles. The van der Waals surface area contributed by atoms with Crippen molar-refractivity contribution in [1.82, 2.24) is 4.98 Å². The Morgan fingerprint density at radius 3 is 2.54 bits per heavy atom. The summed E-state index contributed by atoms with van der Waals surface area (Å²) in [7, 11) is 0. The van der Waals surface area contributed by atoms with Gasteiger partial charge in [-0.1, -0.05) is 6.07 Å². The van der Waals surface area contributed by atoms with Crippen LogP contribution in [0.25, 0.3) is 0 Å². The van der Waals surface area contributed by atoms with E-state index in [-0.39, 0.29) is 42.7 Å². The van der Waals surface area contributed by atoms with Gasteiger partial charge in [0.05, 0.1) is 0 Å². The van der Waals surface area contributed by atoms with Crippen molar-refractivity contribution in [3.8, 4) is 0 Å². The Bertz CT molecular complexity index is 283. The van der Waals surface area contributed by atoms with E-state index in [0.29, 0.717) is 5.56 Å². The average molecular weight is 225 g/mol. The Balaban J connectivity index is 0.000000720. The minimum absolute atomic E-state index is 0. The molecule has 5 heteroatoms. The van der Waals surface area contributed by atoms with Gasteiger partial charge in [-0.25, -0.2) is 4.98 Å². The summed E-state index contributed by atoms with van der Waals surface area (Å²) in [6.07, 6.45) is 2.34. The van der Waals surface area contributed by atoms with Crippen LogP contribution in [-0.4, -0.2) is 11.0 Å². The molecule has 0 aliphatic heterocycles. The molecule has 2 nitrogen and oxygen atoms in total. The second kappa shape index (κ2) is 4.74. The van der Waals surface area contributed by atoms with Crippen LogP contribution in [0.1, 0.15) is 17.9 Å². The van der Waals surface area contributed by atoms with E-state index in [4.69, 9.17) is 5.73 Å². The largest absolute Gasteiger partial charge is 0.327 e. The molecule has 1 aliphatic carbocycles. The van der Waals surface area contributed by atoms with E-state index in [0.717, 1.165) is 6.42 Å². The van der Waals surface area contributed by atoms with Crippen LogP contribution >= 0.6 is 24.8 Å². The summed E-state index contributed by atoms with van der Waals surface area (Å²) in [5.74, 6) is -0.158. The Labute approximate surface area is 88.6 Å². The van der Waals surface area contributed by atoms with Gasteiger partial charge in [-0.3, -0.25) is 0 Å². The van der Waals surface area contributed by atoms with Crippen LogP contribution in [0, 0.1) is 5.95 Å². The van der Waals surface area contributed by atoms with Gasteiger partial charge in [-0.2, -0.15) is 4.39 Å². The van der Waals surface area contributed by atoms with Crippen LogP contribution in [0.4, 0.5) is 4.39 Å². The van der Waals surface area contributed by atoms with E-state index in [2.05, 4.69) is 4.98 Å². The molecule has 0 saturated heterocycles. The topological polar surface area (TPSA) is 38.9 Å². The van der Waals surface area contributed by atoms with Crippen molar-refractivity contribution < 1.29 is 4.39 Å². The summed E-state index contributed by atoms with van der Waals surface area (Å²) in [4.78, 5) is 3.55. The van der Waals surface area contributed by atoms with Crippen LogP contribution in [0.15, 0.2) is 18.3 Å². The van der Waals surface area contributed by atoms with E-state index >= 15 is 0 Å². The lowest BCUT2D eigenvalue weighted by Gasteiger charge is -1.97. The second-order valence-corrected chi connectivity index (χ2v) is 2.89. The number of aromatic nitrogens is 1. The van der Waals surface area contributed by atoms with Crippen molar-refractivity contribution in [3.63, 3.8) is 0 Å². The lowest BCUT2D eigenvalue weighted by molar-refractivity contribution is 0.566. The summed E-state index contributed by atoms with van der Waals surface area (Å²) in [5, 5.41) is 0. The Morgan fingerprint density at radius 2 is 2.08 bits per heavy atom. The summed E-state index contributed by atoms with van der Waals surface area (Å²) in [6.45, 7) is 0. The number of rotatable bonds is 1. The highest BCUT2D eigenvalue weighted by molar-refractivity contribution is 5.85. The molecule has 1 aromatic rings. The quantitative estimate of drug-likeness (QED) is 0.741. The predicted molar refractivity (Wildman–Crippen MR) is 54.0 cm³/mol. The van der Waals surface area contributed by atoms with Gasteiger partial charge >= 0.3 is 0 Å². The average Bonchev–Trinajstić information content (AvgIpc) is 2.68. The van der Waals surface area contributed by atoms with Crippen molar-refractivity contribution in [3.05, 3.63) is 29.8 Å². The van der Waals surface area contributed by atoms with E-state index in [1.807, 2.05) is 0 Å². The molecule has 2 atom stereocenters. The van der Waals surface area contributed by atoms with Gasteiger partial charge in [0, 0.05) is 23.7 Å². The Kier molecular flexibility index (Phi) is 4.61. The molecule has 2 N–H and O–H groups in total. The number of hydrogen-bond acceptors (Lipinski definition) is 2. The molecule has 74 valence electrons. The Morgan fingerprint density at radius 1 is 1.46 bits per heavy atom. The van der Waals surface area contributed by atoms with Crippen LogP contribution in [-0.2, 0) is 0 Å². The van der Waals surface area contributed by atoms with Crippen molar-refractivity contribution in [1.29, 1.82) is 0 Å². The van der Waals surface area contributed by atoms with Gasteiger partial charge in [0.2, 0.25) is 5.95 Å². The first-order valence-corrected chi connectivity index (χ1v) is 3.65. The van der Waals surface area contributed by atoms with Gasteiger partial charge in [0.1, 0.15) is 0 Å². The highest BCUT2D eigenvalue weighted by Crippen LogP contribution is 2.39. The molecular formula is C8H11Cl2FN2. The molecular weight excluding hydrogens is 214 g/mol. The zero-order valence-corrected chi connectivity index (χ0v) is 8.45. The molecule has 1 heterocycles. The first-order chi connectivity index (χ1) is 5.29. The molecule has 0 aromatic carbocycles. The third-order valence-electron chi connectivity index (χ3n) is 2.03. The van der Waals surface area contributed by atoms with Crippen LogP contribution < -0.4 is 5.73 Å². The first-order valence-electron chi connectivity index (χ1n) is 3.65. The van der Waals surface area contributed by atoms with Gasteiger partial charge in [0.25, 0.3) is 0 Å². The fourth-order valence-corrected chi connectivity index (χ4v) is 1.25. The van der Waals surface area contributed by atoms with Crippen LogP contribution in [0.5, 0.6) is 0 Å². The zero-order valence-electron chi connectivity index (χ0n) is 6.81. The summed E-state index contributed by atoms with van der Waals surface area (Å²) in [5.41, 5.74) is 6.24. The normalized spacial score (nSPS) is 24.2. The molecule has 1 fully saturated rings. The maximum Gasteiger partial charge on any atom is 0.216 e. The highest BCUT2D eigenvalue weighted by Gasteiger charge is 2.36. The van der Waals surface area contributed by atoms with Gasteiger partial charge in [0.15, 0.2) is 0 Å². The maximum atomic E-state index is 12.9. The standard InChI is InChI=1S/C8H9FN2.2ClH/c9-8-5(2-1-3-11-8)6-4-7(6)10;;/h1-3,6-7H,4,10H2;2*1H. The molecule has 0 radical (unpaired) electrons. The molecule has 2 rings (SSSR count). The van der Waals surface area contributed by atoms with E-state index in [1.54, 1.807) is 12.1 Å². The molecule has 1 aliphatic rings. The first kappa shape index (κ1) is 12.6. The van der Waals surface area contributed by atoms with Crippen molar-refractivity contribution in [2.45, 2.75) is 18.4 Å². The molecule has 0 spiro atoms. The number of hydrogen-bond donors (Lipinski definition) is 1. The van der Waals surface area contributed by atoms with Crippen molar-refractivity contribution >= 4 is 24.8 Å². The van der Waals surface area contributed by atoms with Crippen LogP contribution in [0.3, 0.4) is 0 Å². The maximum absolute atomic E-state index is 12.9. The number of nitrogens with two attached hydrogens (primary N) is 1. The number of halogens is 3. The lowest BCUT2D eigenvalue weighted by Crippen LogP contribution is -2.02. The van der Waals surface area contributed by atoms with Gasteiger partial charge in [-0.15, -0.1) is 24.8 Å². The molecule has 13 heavy (non-hydrogen) atoms. The van der Waals surface area contributed by atoms with Crippen LogP contribution in [0.2, 0.25) is 0 Å². The molecule has 0 bridgehead atoms. The fraction of sp³-hybridized carbons (Fsp3) is 0.375. The fourth-order valence-electron chi connectivity index (χ4n) is 1.25. The number of pyridine rings is 1. The Hall–Kier alpha value is -0.380. The SMILES string of the molecule is Cl.Cl.NC1CC1c1cccnc1F. The van der Waals surface area contributed by atoms with Gasteiger partial charge < -0.3 is 5.73 Å². The lowest BCUT2D eigenvalue weighted by atomic mass is 10.2. The van der Waals surface area contributed by atoms with E-state index in [1.165, 1.54) is 6.20 Å². The van der Waals surface area contributed by atoms with Gasteiger partial charge in [-0.05, 0) is 12.5 Å². The minimum Gasteiger partial charge on any atom is -0.327 e. The minimum atomic E-state index is -0.370. The zero-order chi connectivity index (χ0) is 7.84. The van der Waals surface area contributed by atoms with E-state index < -0.39 is 0 Å². The third-order valence-corrected chi connectivity index (χ3v) is 2.03. The second-order valence-electron chi connectivity index (χ2n) is 2.89. The predicted octanol–water partition coefficient (Wildman–Crippen LogP) is 1.88. The highest BCUT2D eigenvalue weighted by atomic mass is 35.5. The molecule has 1 aromatic heterocycles. The smallest absolute Gasteiger partial charge is 0.216 e.